The predicted molar refractivity (Wildman–Crippen MR) is 71.5 cm³/mol. The lowest BCUT2D eigenvalue weighted by Crippen LogP contribution is -2.49. The van der Waals surface area contributed by atoms with Gasteiger partial charge < -0.3 is 4.74 Å². The lowest BCUT2D eigenvalue weighted by Gasteiger charge is -2.43. The molecule has 3 nitrogen and oxygen atoms in total. The number of hydrogen-bond donors (Lipinski definition) is 0. The van der Waals surface area contributed by atoms with Crippen LogP contribution in [0.5, 0.6) is 0 Å². The van der Waals surface area contributed by atoms with Crippen LogP contribution in [0.25, 0.3) is 0 Å². The number of cyclic esters (lactones) is 1. The molecule has 0 unspecified atom stereocenters. The largest absolute Gasteiger partial charge is 0.454 e. The summed E-state index contributed by atoms with van der Waals surface area (Å²) in [5.41, 5.74) is 0.268. The predicted octanol–water partition coefficient (Wildman–Crippen LogP) is 3.11. The van der Waals surface area contributed by atoms with Crippen LogP contribution >= 0.6 is 0 Å². The van der Waals surface area contributed by atoms with Crippen molar-refractivity contribution >= 4 is 11.8 Å². The summed E-state index contributed by atoms with van der Waals surface area (Å²) in [6.07, 6.45) is 4.78. The minimum atomic E-state index is -0.500. The zero-order chi connectivity index (χ0) is 14.1. The molecule has 1 spiro atoms. The second-order valence-electron chi connectivity index (χ2n) is 7.91. The van der Waals surface area contributed by atoms with E-state index in [1.165, 1.54) is 19.8 Å². The van der Waals surface area contributed by atoms with E-state index in [2.05, 4.69) is 20.8 Å². The average molecular weight is 264 g/mol. The standard InChI is InChI=1S/C16H24O3/c1-10(17)11-8-16-9-15(16,4)7-5-6-14(2,3)12(16)13(18)19-11/h11-12H,5-9H2,1-4H3/t11-,12-,15+,16+/m1/s1. The molecule has 3 rings (SSSR count). The van der Waals surface area contributed by atoms with Crippen molar-refractivity contribution in [2.75, 3.05) is 0 Å². The van der Waals surface area contributed by atoms with Gasteiger partial charge in [-0.15, -0.1) is 0 Å². The van der Waals surface area contributed by atoms with Gasteiger partial charge >= 0.3 is 5.97 Å². The Morgan fingerprint density at radius 2 is 1.95 bits per heavy atom. The number of carbonyl (C=O) groups is 2. The van der Waals surface area contributed by atoms with Gasteiger partial charge in [-0.05, 0) is 48.9 Å². The molecule has 0 N–H and O–H groups in total. The molecule has 3 aliphatic rings. The Labute approximate surface area is 115 Å². The summed E-state index contributed by atoms with van der Waals surface area (Å²) in [6, 6.07) is 0. The third-order valence-corrected chi connectivity index (χ3v) is 6.16. The van der Waals surface area contributed by atoms with Gasteiger partial charge in [-0.2, -0.15) is 0 Å². The Kier molecular flexibility index (Phi) is 2.50. The van der Waals surface area contributed by atoms with E-state index in [-0.39, 0.29) is 33.9 Å². The van der Waals surface area contributed by atoms with Crippen LogP contribution in [-0.4, -0.2) is 17.9 Å². The van der Waals surface area contributed by atoms with Crippen LogP contribution in [0.2, 0.25) is 0 Å². The van der Waals surface area contributed by atoms with E-state index in [9.17, 15) is 9.59 Å². The van der Waals surface area contributed by atoms with E-state index in [1.54, 1.807) is 0 Å². The van der Waals surface area contributed by atoms with Crippen molar-refractivity contribution in [3.05, 3.63) is 0 Å². The normalized spacial score (nSPS) is 47.5. The van der Waals surface area contributed by atoms with Crippen molar-refractivity contribution in [1.82, 2.24) is 0 Å². The highest BCUT2D eigenvalue weighted by Crippen LogP contribution is 2.77. The summed E-state index contributed by atoms with van der Waals surface area (Å²) >= 11 is 0. The van der Waals surface area contributed by atoms with Crippen molar-refractivity contribution in [3.8, 4) is 0 Å². The molecule has 0 radical (unpaired) electrons. The Morgan fingerprint density at radius 1 is 1.26 bits per heavy atom. The molecule has 1 heterocycles. The Bertz CT molecular complexity index is 453. The first kappa shape index (κ1) is 13.1. The summed E-state index contributed by atoms with van der Waals surface area (Å²) in [6.45, 7) is 8.23. The van der Waals surface area contributed by atoms with Crippen LogP contribution < -0.4 is 0 Å². The van der Waals surface area contributed by atoms with Gasteiger partial charge in [0, 0.05) is 0 Å². The summed E-state index contributed by atoms with van der Waals surface area (Å²) in [5.74, 6) is -0.150. The fraction of sp³-hybridized carbons (Fsp3) is 0.875. The average Bonchev–Trinajstić information content (AvgIpc) is 2.81. The fourth-order valence-corrected chi connectivity index (χ4v) is 5.05. The van der Waals surface area contributed by atoms with Crippen molar-refractivity contribution in [3.63, 3.8) is 0 Å². The summed E-state index contributed by atoms with van der Waals surface area (Å²) in [5, 5.41) is 0. The smallest absolute Gasteiger partial charge is 0.310 e. The number of rotatable bonds is 1. The van der Waals surface area contributed by atoms with Crippen molar-refractivity contribution in [2.45, 2.75) is 65.9 Å². The highest BCUT2D eigenvalue weighted by atomic mass is 16.5. The van der Waals surface area contributed by atoms with E-state index in [0.717, 1.165) is 19.3 Å². The molecule has 1 saturated heterocycles. The van der Waals surface area contributed by atoms with Crippen molar-refractivity contribution in [2.24, 2.45) is 22.2 Å². The molecule has 1 aliphatic heterocycles. The zero-order valence-corrected chi connectivity index (χ0v) is 12.4. The molecule has 2 saturated carbocycles. The third-order valence-electron chi connectivity index (χ3n) is 6.16. The van der Waals surface area contributed by atoms with Crippen LogP contribution in [0.3, 0.4) is 0 Å². The molecule has 2 aliphatic carbocycles. The number of ketones is 1. The molecule has 0 bridgehead atoms. The first-order valence-electron chi connectivity index (χ1n) is 7.43. The molecule has 4 atom stereocenters. The number of carbonyl (C=O) groups excluding carboxylic acids is 2. The number of esters is 1. The highest BCUT2D eigenvalue weighted by molar-refractivity contribution is 5.86. The molecule has 3 fully saturated rings. The minimum absolute atomic E-state index is 0.00234. The molecule has 106 valence electrons. The first-order chi connectivity index (χ1) is 8.72. The van der Waals surface area contributed by atoms with Gasteiger partial charge in [0.2, 0.25) is 0 Å². The fourth-order valence-electron chi connectivity index (χ4n) is 5.05. The van der Waals surface area contributed by atoms with Gasteiger partial charge in [-0.1, -0.05) is 27.2 Å². The maximum absolute atomic E-state index is 12.5. The van der Waals surface area contributed by atoms with E-state index in [0.29, 0.717) is 0 Å². The van der Waals surface area contributed by atoms with E-state index < -0.39 is 6.10 Å². The first-order valence-corrected chi connectivity index (χ1v) is 7.43. The summed E-state index contributed by atoms with van der Waals surface area (Å²) in [4.78, 5) is 24.2. The van der Waals surface area contributed by atoms with Crippen LogP contribution in [0.15, 0.2) is 0 Å². The molecule has 3 heteroatoms. The molecule has 0 amide bonds. The second kappa shape index (κ2) is 3.62. The van der Waals surface area contributed by atoms with Gasteiger partial charge in [-0.25, -0.2) is 0 Å². The van der Waals surface area contributed by atoms with Crippen LogP contribution in [0.4, 0.5) is 0 Å². The Hall–Kier alpha value is -0.860. The zero-order valence-electron chi connectivity index (χ0n) is 12.4. The van der Waals surface area contributed by atoms with Gasteiger partial charge in [-0.3, -0.25) is 9.59 Å². The number of ether oxygens (including phenoxy) is 1. The molecule has 0 aromatic heterocycles. The molecule has 0 aromatic rings. The van der Waals surface area contributed by atoms with Crippen LogP contribution in [0, 0.1) is 22.2 Å². The van der Waals surface area contributed by atoms with Gasteiger partial charge in [0.15, 0.2) is 11.9 Å². The minimum Gasteiger partial charge on any atom is -0.454 e. The maximum Gasteiger partial charge on any atom is 0.310 e. The Morgan fingerprint density at radius 3 is 2.58 bits per heavy atom. The summed E-state index contributed by atoms with van der Waals surface area (Å²) < 4.78 is 5.46. The van der Waals surface area contributed by atoms with Gasteiger partial charge in [0.1, 0.15) is 0 Å². The van der Waals surface area contributed by atoms with Crippen LogP contribution in [0.1, 0.15) is 59.8 Å². The molecular formula is C16H24O3. The number of hydrogen-bond acceptors (Lipinski definition) is 3. The highest BCUT2D eigenvalue weighted by Gasteiger charge is 2.74. The summed E-state index contributed by atoms with van der Waals surface area (Å²) in [7, 11) is 0. The molecular weight excluding hydrogens is 240 g/mol. The van der Waals surface area contributed by atoms with Crippen molar-refractivity contribution < 1.29 is 14.3 Å². The second-order valence-corrected chi connectivity index (χ2v) is 7.91. The Balaban J connectivity index is 2.02. The topological polar surface area (TPSA) is 43.4 Å². The van der Waals surface area contributed by atoms with E-state index in [1.807, 2.05) is 0 Å². The maximum atomic E-state index is 12.5. The molecule has 0 aromatic carbocycles. The monoisotopic (exact) mass is 264 g/mol. The molecule has 19 heavy (non-hydrogen) atoms. The van der Waals surface area contributed by atoms with Crippen molar-refractivity contribution in [1.29, 1.82) is 0 Å². The van der Waals surface area contributed by atoms with Gasteiger partial charge in [0.05, 0.1) is 5.92 Å². The van der Waals surface area contributed by atoms with Crippen LogP contribution in [-0.2, 0) is 14.3 Å². The number of Topliss-reactive ketones (excluding diaryl/α,β-unsaturated/α-hetero) is 1. The quantitative estimate of drug-likeness (QED) is 0.683. The lowest BCUT2D eigenvalue weighted by molar-refractivity contribution is -0.179. The van der Waals surface area contributed by atoms with E-state index >= 15 is 0 Å². The lowest BCUT2D eigenvalue weighted by atomic mass is 9.64. The third kappa shape index (κ3) is 1.63. The SMILES string of the molecule is CC(=O)[C@H]1C[C@@]23C[C@]2(C)CCCC(C)(C)[C@H]3C(=O)O1. The van der Waals surface area contributed by atoms with Gasteiger partial charge in [0.25, 0.3) is 0 Å². The van der Waals surface area contributed by atoms with E-state index in [4.69, 9.17) is 4.74 Å².